The SMILES string of the molecule is C=C1C(c2ccccc2C(F)(F)F)CCCN1/N=C(\C)c1cc2cc(I)ccc2[nH]1. The van der Waals surface area contributed by atoms with Crippen LogP contribution in [-0.4, -0.2) is 22.2 Å². The second kappa shape index (κ2) is 8.09. The van der Waals surface area contributed by atoms with Gasteiger partial charge in [-0.05, 0) is 78.3 Å². The summed E-state index contributed by atoms with van der Waals surface area (Å²) in [4.78, 5) is 3.36. The third-order valence-corrected chi connectivity index (χ3v) is 6.15. The lowest BCUT2D eigenvalue weighted by atomic mass is 9.85. The Morgan fingerprint density at radius 2 is 1.97 bits per heavy atom. The van der Waals surface area contributed by atoms with Gasteiger partial charge in [-0.15, -0.1) is 0 Å². The molecule has 1 atom stereocenters. The molecule has 0 saturated carbocycles. The number of fused-ring (bicyclic) bond motifs is 1. The number of halogens is 4. The summed E-state index contributed by atoms with van der Waals surface area (Å²) < 4.78 is 41.7. The predicted octanol–water partition coefficient (Wildman–Crippen LogP) is 6.91. The monoisotopic (exact) mass is 523 g/mol. The first-order valence-corrected chi connectivity index (χ1v) is 10.8. The molecule has 2 heterocycles. The fourth-order valence-corrected chi connectivity index (χ4v) is 4.49. The number of benzene rings is 2. The Morgan fingerprint density at radius 3 is 2.73 bits per heavy atom. The molecule has 1 N–H and O–H groups in total. The molecule has 30 heavy (non-hydrogen) atoms. The molecule has 7 heteroatoms. The normalized spacial score (nSPS) is 18.3. The van der Waals surface area contributed by atoms with Gasteiger partial charge in [-0.3, -0.25) is 5.01 Å². The highest BCUT2D eigenvalue weighted by Crippen LogP contribution is 2.41. The number of hydrazone groups is 1. The predicted molar refractivity (Wildman–Crippen MR) is 122 cm³/mol. The first-order chi connectivity index (χ1) is 14.2. The second-order valence-corrected chi connectivity index (χ2v) is 8.74. The van der Waals surface area contributed by atoms with Crippen molar-refractivity contribution in [3.05, 3.63) is 81.2 Å². The number of nitrogens with zero attached hydrogens (tertiary/aromatic N) is 2. The standard InChI is InChI=1S/C23H21F3IN3/c1-14(22-13-16-12-17(27)9-10-21(16)28-22)29-30-11-5-7-18(15(30)2)19-6-3-4-8-20(19)23(24,25)26/h3-4,6,8-10,12-13,18,28H,2,5,7,11H2,1H3/b29-14+. The second-order valence-electron chi connectivity index (χ2n) is 7.49. The van der Waals surface area contributed by atoms with E-state index in [2.05, 4.69) is 40.2 Å². The number of alkyl halides is 3. The van der Waals surface area contributed by atoms with Crippen LogP contribution in [0.4, 0.5) is 13.2 Å². The summed E-state index contributed by atoms with van der Waals surface area (Å²) in [5.41, 5.74) is 2.96. The molecule has 0 radical (unpaired) electrons. The average Bonchev–Trinajstić information content (AvgIpc) is 3.12. The van der Waals surface area contributed by atoms with Crippen LogP contribution in [0.3, 0.4) is 0 Å². The molecule has 1 aliphatic rings. The highest BCUT2D eigenvalue weighted by molar-refractivity contribution is 14.1. The molecule has 4 rings (SSSR count). The summed E-state index contributed by atoms with van der Waals surface area (Å²) >= 11 is 2.27. The molecule has 0 spiro atoms. The van der Waals surface area contributed by atoms with Gasteiger partial charge in [0.1, 0.15) is 0 Å². The van der Waals surface area contributed by atoms with E-state index in [1.165, 1.54) is 6.07 Å². The molecule has 3 aromatic rings. The Kier molecular flexibility index (Phi) is 5.65. The zero-order valence-electron chi connectivity index (χ0n) is 16.4. The molecule has 0 aliphatic carbocycles. The average molecular weight is 523 g/mol. The summed E-state index contributed by atoms with van der Waals surface area (Å²) in [5, 5.41) is 7.56. The van der Waals surface area contributed by atoms with Crippen molar-refractivity contribution in [2.45, 2.75) is 31.9 Å². The highest BCUT2D eigenvalue weighted by atomic mass is 127. The zero-order chi connectivity index (χ0) is 21.5. The van der Waals surface area contributed by atoms with E-state index in [-0.39, 0.29) is 5.56 Å². The molecule has 1 aliphatic heterocycles. The van der Waals surface area contributed by atoms with Crippen molar-refractivity contribution in [3.63, 3.8) is 0 Å². The Labute approximate surface area is 186 Å². The van der Waals surface area contributed by atoms with Crippen LogP contribution in [0.5, 0.6) is 0 Å². The van der Waals surface area contributed by atoms with Crippen molar-refractivity contribution >= 4 is 39.2 Å². The number of H-pyrrole nitrogens is 1. The Morgan fingerprint density at radius 1 is 1.20 bits per heavy atom. The number of aromatic nitrogens is 1. The smallest absolute Gasteiger partial charge is 0.353 e. The van der Waals surface area contributed by atoms with Gasteiger partial charge in [0.2, 0.25) is 0 Å². The lowest BCUT2D eigenvalue weighted by Gasteiger charge is -2.34. The van der Waals surface area contributed by atoms with Crippen LogP contribution in [0.25, 0.3) is 10.9 Å². The topological polar surface area (TPSA) is 31.4 Å². The maximum Gasteiger partial charge on any atom is 0.416 e. The minimum Gasteiger partial charge on any atom is -0.353 e. The molecule has 1 fully saturated rings. The number of piperidine rings is 1. The van der Waals surface area contributed by atoms with Crippen LogP contribution < -0.4 is 0 Å². The maximum atomic E-state index is 13.5. The van der Waals surface area contributed by atoms with Gasteiger partial charge in [-0.1, -0.05) is 24.8 Å². The third kappa shape index (κ3) is 4.12. The molecule has 156 valence electrons. The van der Waals surface area contributed by atoms with Crippen LogP contribution in [-0.2, 0) is 6.18 Å². The van der Waals surface area contributed by atoms with Gasteiger partial charge < -0.3 is 4.98 Å². The van der Waals surface area contributed by atoms with E-state index in [0.717, 1.165) is 38.4 Å². The number of aromatic amines is 1. The Hall–Kier alpha value is -2.29. The van der Waals surface area contributed by atoms with E-state index in [4.69, 9.17) is 5.10 Å². The van der Waals surface area contributed by atoms with Crippen molar-refractivity contribution in [2.24, 2.45) is 5.10 Å². The van der Waals surface area contributed by atoms with Crippen molar-refractivity contribution in [1.82, 2.24) is 9.99 Å². The lowest BCUT2D eigenvalue weighted by molar-refractivity contribution is -0.138. The quantitative estimate of drug-likeness (QED) is 0.294. The summed E-state index contributed by atoms with van der Waals surface area (Å²) in [6, 6.07) is 14.0. The molecule has 0 amide bonds. The largest absolute Gasteiger partial charge is 0.416 e. The van der Waals surface area contributed by atoms with Gasteiger partial charge in [-0.2, -0.15) is 18.3 Å². The van der Waals surface area contributed by atoms with Crippen LogP contribution in [0.15, 0.2) is 65.9 Å². The molecule has 0 bridgehead atoms. The first kappa shape index (κ1) is 21.0. The highest BCUT2D eigenvalue weighted by Gasteiger charge is 2.37. The van der Waals surface area contributed by atoms with E-state index in [0.29, 0.717) is 18.7 Å². The van der Waals surface area contributed by atoms with Gasteiger partial charge in [0.25, 0.3) is 0 Å². The minimum absolute atomic E-state index is 0.271. The van der Waals surface area contributed by atoms with Gasteiger partial charge in [-0.25, -0.2) is 0 Å². The van der Waals surface area contributed by atoms with Crippen molar-refractivity contribution in [2.75, 3.05) is 6.54 Å². The van der Waals surface area contributed by atoms with E-state index in [1.54, 1.807) is 17.1 Å². The summed E-state index contributed by atoms with van der Waals surface area (Å²) in [5.74, 6) is -0.405. The van der Waals surface area contributed by atoms with Crippen molar-refractivity contribution in [1.29, 1.82) is 0 Å². The van der Waals surface area contributed by atoms with Crippen molar-refractivity contribution in [3.8, 4) is 0 Å². The fraction of sp³-hybridized carbons (Fsp3) is 0.261. The minimum atomic E-state index is -4.39. The summed E-state index contributed by atoms with van der Waals surface area (Å²) in [6.07, 6.45) is -3.01. The number of rotatable bonds is 3. The van der Waals surface area contributed by atoms with Crippen LogP contribution in [0.2, 0.25) is 0 Å². The molecule has 1 unspecified atom stereocenters. The third-order valence-electron chi connectivity index (χ3n) is 5.48. The fourth-order valence-electron chi connectivity index (χ4n) is 3.98. The van der Waals surface area contributed by atoms with Crippen LogP contribution in [0, 0.1) is 3.57 Å². The Bertz CT molecular complexity index is 1130. The van der Waals surface area contributed by atoms with Gasteiger partial charge in [0.05, 0.1) is 17.0 Å². The molecule has 1 saturated heterocycles. The summed E-state index contributed by atoms with van der Waals surface area (Å²) in [6.45, 7) is 6.65. The number of allylic oxidation sites excluding steroid dienone is 1. The van der Waals surface area contributed by atoms with E-state index in [1.807, 2.05) is 25.1 Å². The zero-order valence-corrected chi connectivity index (χ0v) is 18.6. The summed E-state index contributed by atoms with van der Waals surface area (Å²) in [7, 11) is 0. The van der Waals surface area contributed by atoms with E-state index < -0.39 is 17.7 Å². The molecule has 3 nitrogen and oxygen atoms in total. The number of hydrogen-bond acceptors (Lipinski definition) is 2. The van der Waals surface area contributed by atoms with Crippen molar-refractivity contribution < 1.29 is 13.2 Å². The van der Waals surface area contributed by atoms with E-state index >= 15 is 0 Å². The maximum absolute atomic E-state index is 13.5. The van der Waals surface area contributed by atoms with Crippen LogP contribution >= 0.6 is 22.6 Å². The van der Waals surface area contributed by atoms with Gasteiger partial charge in [0.15, 0.2) is 0 Å². The molecule has 2 aromatic carbocycles. The van der Waals surface area contributed by atoms with E-state index in [9.17, 15) is 13.2 Å². The molecule has 1 aromatic heterocycles. The molecular formula is C23H21F3IN3. The van der Waals surface area contributed by atoms with Gasteiger partial charge >= 0.3 is 6.18 Å². The Balaban J connectivity index is 1.63. The van der Waals surface area contributed by atoms with Gasteiger partial charge in [0, 0.05) is 32.6 Å². The first-order valence-electron chi connectivity index (χ1n) is 9.70. The number of hydrogen-bond donors (Lipinski definition) is 1. The van der Waals surface area contributed by atoms with Crippen LogP contribution in [0.1, 0.15) is 42.5 Å². The lowest BCUT2D eigenvalue weighted by Crippen LogP contribution is -2.29. The number of nitrogens with one attached hydrogen (secondary N) is 1. The molecular weight excluding hydrogens is 502 g/mol.